The maximum absolute atomic E-state index is 12.8. The quantitative estimate of drug-likeness (QED) is 0.412. The first-order valence-corrected chi connectivity index (χ1v) is 10.5. The van der Waals surface area contributed by atoms with Gasteiger partial charge < -0.3 is 4.74 Å². The minimum atomic E-state index is -0.475. The summed E-state index contributed by atoms with van der Waals surface area (Å²) in [6, 6.07) is 4.08. The molecule has 0 saturated carbocycles. The predicted molar refractivity (Wildman–Crippen MR) is 111 cm³/mol. The van der Waals surface area contributed by atoms with Gasteiger partial charge in [-0.05, 0) is 57.1 Å². The summed E-state index contributed by atoms with van der Waals surface area (Å²) < 4.78 is 10.4. The van der Waals surface area contributed by atoms with Crippen molar-refractivity contribution in [2.75, 3.05) is 6.61 Å². The largest absolute Gasteiger partial charge is 0.461 e. The smallest absolute Gasteiger partial charge is 0.357 e. The first-order chi connectivity index (χ1) is 13.4. The van der Waals surface area contributed by atoms with Crippen molar-refractivity contribution in [1.29, 1.82) is 0 Å². The number of fused-ring (bicyclic) bond motifs is 1. The number of hydrogen-bond donors (Lipinski definition) is 0. The first kappa shape index (κ1) is 18.8. The lowest BCUT2D eigenvalue weighted by Gasteiger charge is -2.11. The summed E-state index contributed by atoms with van der Waals surface area (Å²) in [6.45, 7) is 10.2. The van der Waals surface area contributed by atoms with Crippen molar-refractivity contribution in [3.63, 3.8) is 0 Å². The predicted octanol–water partition coefficient (Wildman–Crippen LogP) is 5.49. The highest BCUT2D eigenvalue weighted by atomic mass is 32.1. The van der Waals surface area contributed by atoms with Crippen LogP contribution in [-0.4, -0.2) is 27.9 Å². The summed E-state index contributed by atoms with van der Waals surface area (Å²) in [5.74, 6) is -0.475. The van der Waals surface area contributed by atoms with Gasteiger partial charge in [0, 0.05) is 36.2 Å². The second kappa shape index (κ2) is 7.10. The third kappa shape index (κ3) is 3.02. The highest BCUT2D eigenvalue weighted by molar-refractivity contribution is 7.12. The number of ether oxygens (including phenoxy) is 1. The van der Waals surface area contributed by atoms with E-state index in [-0.39, 0.29) is 12.3 Å². The van der Waals surface area contributed by atoms with Crippen LogP contribution >= 0.6 is 22.7 Å². The highest BCUT2D eigenvalue weighted by Crippen LogP contribution is 2.40. The lowest BCUT2D eigenvalue weighted by atomic mass is 10.00. The van der Waals surface area contributed by atoms with Crippen molar-refractivity contribution < 1.29 is 14.2 Å². The van der Waals surface area contributed by atoms with Gasteiger partial charge >= 0.3 is 5.97 Å². The van der Waals surface area contributed by atoms with Gasteiger partial charge in [0.1, 0.15) is 11.2 Å². The second-order valence-corrected chi connectivity index (χ2v) is 9.44. The van der Waals surface area contributed by atoms with E-state index in [1.54, 1.807) is 29.6 Å². The van der Waals surface area contributed by atoms with Gasteiger partial charge in [0.15, 0.2) is 11.2 Å². The first-order valence-electron chi connectivity index (χ1n) is 8.88. The van der Waals surface area contributed by atoms with Crippen LogP contribution in [0.25, 0.3) is 33.4 Å². The van der Waals surface area contributed by atoms with Crippen molar-refractivity contribution in [3.05, 3.63) is 37.3 Å². The van der Waals surface area contributed by atoms with Crippen molar-refractivity contribution in [3.8, 4) is 22.4 Å². The van der Waals surface area contributed by atoms with E-state index in [1.807, 2.05) is 39.8 Å². The summed E-state index contributed by atoms with van der Waals surface area (Å²) in [5.41, 5.74) is 4.36. The monoisotopic (exact) mass is 413 g/mol. The summed E-state index contributed by atoms with van der Waals surface area (Å²) in [6.07, 6.45) is 0. The average Bonchev–Trinajstić information content (AvgIpc) is 3.32. The van der Waals surface area contributed by atoms with Crippen LogP contribution in [0.15, 0.2) is 16.8 Å². The molecule has 0 atom stereocenters. The molecule has 28 heavy (non-hydrogen) atoms. The Kier molecular flexibility index (Phi) is 4.76. The van der Waals surface area contributed by atoms with Crippen molar-refractivity contribution in [1.82, 2.24) is 15.3 Å². The zero-order chi connectivity index (χ0) is 20.0. The van der Waals surface area contributed by atoms with E-state index < -0.39 is 5.97 Å². The molecule has 4 aromatic heterocycles. The number of hydrogen-bond acceptors (Lipinski definition) is 8. The van der Waals surface area contributed by atoms with Crippen molar-refractivity contribution >= 4 is 39.7 Å². The number of nitrogens with zero attached hydrogens (tertiary/aromatic N) is 3. The molecule has 0 spiro atoms. The van der Waals surface area contributed by atoms with Crippen LogP contribution in [-0.2, 0) is 4.74 Å². The minimum Gasteiger partial charge on any atom is -0.461 e. The lowest BCUT2D eigenvalue weighted by Crippen LogP contribution is -2.11. The molecular formula is C20H19N3O3S2. The molecular weight excluding hydrogens is 394 g/mol. The SMILES string of the molecule is CCOC(=O)c1nc(-c2cc(C)sc2C)c2nonc2c1-c1cc(C)sc1C. The Balaban J connectivity index is 2.09. The van der Waals surface area contributed by atoms with Crippen molar-refractivity contribution in [2.45, 2.75) is 34.6 Å². The summed E-state index contributed by atoms with van der Waals surface area (Å²) in [5, 5.41) is 8.27. The third-order valence-electron chi connectivity index (χ3n) is 4.49. The Labute approximate surface area is 170 Å². The molecule has 4 aromatic rings. The molecule has 0 aliphatic carbocycles. The van der Waals surface area contributed by atoms with Gasteiger partial charge in [0.25, 0.3) is 0 Å². The van der Waals surface area contributed by atoms with E-state index in [4.69, 9.17) is 14.3 Å². The Morgan fingerprint density at radius 3 is 2.18 bits per heavy atom. The van der Waals surface area contributed by atoms with Gasteiger partial charge in [0.2, 0.25) is 0 Å². The number of carbonyl (C=O) groups is 1. The van der Waals surface area contributed by atoms with Crippen LogP contribution in [0.2, 0.25) is 0 Å². The van der Waals surface area contributed by atoms with Crippen LogP contribution < -0.4 is 0 Å². The van der Waals surface area contributed by atoms with E-state index in [0.29, 0.717) is 22.3 Å². The van der Waals surface area contributed by atoms with Gasteiger partial charge in [-0.3, -0.25) is 0 Å². The van der Waals surface area contributed by atoms with E-state index in [2.05, 4.69) is 10.3 Å². The summed E-state index contributed by atoms with van der Waals surface area (Å²) in [7, 11) is 0. The molecule has 0 N–H and O–H groups in total. The molecule has 0 radical (unpaired) electrons. The molecule has 6 nitrogen and oxygen atoms in total. The zero-order valence-electron chi connectivity index (χ0n) is 16.2. The van der Waals surface area contributed by atoms with Crippen LogP contribution in [0.1, 0.15) is 36.9 Å². The maximum Gasteiger partial charge on any atom is 0.357 e. The number of carbonyl (C=O) groups excluding carboxylic acids is 1. The normalized spacial score (nSPS) is 11.3. The molecule has 4 heterocycles. The van der Waals surface area contributed by atoms with E-state index in [1.165, 1.54) is 0 Å². The van der Waals surface area contributed by atoms with Gasteiger partial charge in [-0.1, -0.05) is 0 Å². The molecule has 0 aliphatic rings. The fraction of sp³-hybridized carbons (Fsp3) is 0.300. The zero-order valence-corrected chi connectivity index (χ0v) is 17.9. The number of pyridine rings is 1. The minimum absolute atomic E-state index is 0.240. The number of rotatable bonds is 4. The molecule has 0 unspecified atom stereocenters. The summed E-state index contributed by atoms with van der Waals surface area (Å²) in [4.78, 5) is 22.0. The molecule has 0 fully saturated rings. The molecule has 144 valence electrons. The standard InChI is InChI=1S/C20H19N3O3S2/c1-6-25-20(24)18-15(13-7-9(2)27-11(13)4)17-19(23-26-22-17)16(21-18)14-8-10(3)28-12(14)5/h7-8H,6H2,1-5H3. The van der Waals surface area contributed by atoms with Gasteiger partial charge in [-0.25, -0.2) is 14.4 Å². The average molecular weight is 414 g/mol. The van der Waals surface area contributed by atoms with Crippen LogP contribution in [0.5, 0.6) is 0 Å². The molecule has 0 saturated heterocycles. The number of thiophene rings is 2. The second-order valence-electron chi connectivity index (χ2n) is 6.52. The number of esters is 1. The van der Waals surface area contributed by atoms with E-state index in [9.17, 15) is 4.79 Å². The molecule has 0 aliphatic heterocycles. The van der Waals surface area contributed by atoms with Gasteiger partial charge in [-0.2, -0.15) is 0 Å². The maximum atomic E-state index is 12.8. The number of aromatic nitrogens is 3. The fourth-order valence-electron chi connectivity index (χ4n) is 3.38. The van der Waals surface area contributed by atoms with E-state index >= 15 is 0 Å². The van der Waals surface area contributed by atoms with Gasteiger partial charge in [-0.15, -0.1) is 22.7 Å². The topological polar surface area (TPSA) is 78.1 Å². The van der Waals surface area contributed by atoms with Crippen LogP contribution in [0.4, 0.5) is 0 Å². The molecule has 0 aromatic carbocycles. The van der Waals surface area contributed by atoms with Crippen molar-refractivity contribution in [2.24, 2.45) is 0 Å². The Morgan fingerprint density at radius 1 is 1.00 bits per heavy atom. The molecule has 0 bridgehead atoms. The molecule has 8 heteroatoms. The summed E-state index contributed by atoms with van der Waals surface area (Å²) >= 11 is 3.33. The Bertz CT molecular complexity index is 1200. The fourth-order valence-corrected chi connectivity index (χ4v) is 5.23. The van der Waals surface area contributed by atoms with Gasteiger partial charge in [0.05, 0.1) is 6.61 Å². The third-order valence-corrected chi connectivity index (χ3v) is 6.42. The Hall–Kier alpha value is -2.58. The van der Waals surface area contributed by atoms with Crippen LogP contribution in [0.3, 0.4) is 0 Å². The molecule has 0 amide bonds. The van der Waals surface area contributed by atoms with E-state index in [0.717, 1.165) is 30.6 Å². The molecule has 4 rings (SSSR count). The lowest BCUT2D eigenvalue weighted by molar-refractivity contribution is 0.0521. The highest BCUT2D eigenvalue weighted by Gasteiger charge is 2.28. The Morgan fingerprint density at radius 2 is 1.61 bits per heavy atom. The van der Waals surface area contributed by atoms with Crippen LogP contribution in [0, 0.1) is 27.7 Å². The number of aryl methyl sites for hydroxylation is 4.